The summed E-state index contributed by atoms with van der Waals surface area (Å²) in [6.45, 7) is 4.94. The van der Waals surface area contributed by atoms with Crippen LogP contribution in [0.25, 0.3) is 0 Å². The number of rotatable bonds is 7. The average molecular weight is 403 g/mol. The molecule has 6 nitrogen and oxygen atoms in total. The standard InChI is InChI=1S/C21H26N2O4S/c1-3-19(27-20-9-5-4-8-16(20)2)21(24)22-17-10-12-18(13-11-17)28(25,26)23-14-6-7-15-23/h4-5,8-13,19H,3,6-7,14-15H2,1-2H3,(H,22,24)/t19-/m1/s1. The van der Waals surface area contributed by atoms with Crippen LogP contribution >= 0.6 is 0 Å². The number of carbonyl (C=O) groups is 1. The first-order chi connectivity index (χ1) is 13.4. The second-order valence-electron chi connectivity index (χ2n) is 6.91. The van der Waals surface area contributed by atoms with Crippen molar-refractivity contribution in [3.63, 3.8) is 0 Å². The van der Waals surface area contributed by atoms with Gasteiger partial charge in [-0.2, -0.15) is 4.31 Å². The molecule has 0 aliphatic carbocycles. The second kappa shape index (κ2) is 8.75. The van der Waals surface area contributed by atoms with Crippen LogP contribution in [0.4, 0.5) is 5.69 Å². The van der Waals surface area contributed by atoms with Crippen molar-refractivity contribution in [3.8, 4) is 5.75 Å². The van der Waals surface area contributed by atoms with E-state index in [2.05, 4.69) is 5.32 Å². The highest BCUT2D eigenvalue weighted by atomic mass is 32.2. The predicted molar refractivity (Wildman–Crippen MR) is 109 cm³/mol. The number of nitrogens with zero attached hydrogens (tertiary/aromatic N) is 1. The molecule has 1 aliphatic heterocycles. The Morgan fingerprint density at radius 1 is 1.11 bits per heavy atom. The van der Waals surface area contributed by atoms with Crippen molar-refractivity contribution in [3.05, 3.63) is 54.1 Å². The van der Waals surface area contributed by atoms with Crippen LogP contribution in [0.15, 0.2) is 53.4 Å². The van der Waals surface area contributed by atoms with E-state index in [9.17, 15) is 13.2 Å². The molecule has 1 amide bonds. The van der Waals surface area contributed by atoms with Gasteiger partial charge in [-0.25, -0.2) is 8.42 Å². The van der Waals surface area contributed by atoms with Gasteiger partial charge in [-0.05, 0) is 62.1 Å². The highest BCUT2D eigenvalue weighted by molar-refractivity contribution is 7.89. The van der Waals surface area contributed by atoms with E-state index in [0.717, 1.165) is 18.4 Å². The average Bonchev–Trinajstić information content (AvgIpc) is 3.23. The minimum absolute atomic E-state index is 0.246. The van der Waals surface area contributed by atoms with Crippen molar-refractivity contribution in [2.24, 2.45) is 0 Å². The van der Waals surface area contributed by atoms with Crippen LogP contribution in [0.2, 0.25) is 0 Å². The van der Waals surface area contributed by atoms with Gasteiger partial charge in [0.2, 0.25) is 10.0 Å². The van der Waals surface area contributed by atoms with Crippen LogP contribution in [-0.4, -0.2) is 37.8 Å². The third-order valence-electron chi connectivity index (χ3n) is 4.85. The number of anilines is 1. The lowest BCUT2D eigenvalue weighted by Crippen LogP contribution is -2.32. The monoisotopic (exact) mass is 402 g/mol. The van der Waals surface area contributed by atoms with Gasteiger partial charge in [0, 0.05) is 18.8 Å². The van der Waals surface area contributed by atoms with E-state index < -0.39 is 16.1 Å². The molecular formula is C21H26N2O4S. The van der Waals surface area contributed by atoms with Gasteiger partial charge >= 0.3 is 0 Å². The third kappa shape index (κ3) is 4.54. The smallest absolute Gasteiger partial charge is 0.265 e. The van der Waals surface area contributed by atoms with Gasteiger partial charge in [0.1, 0.15) is 5.75 Å². The summed E-state index contributed by atoms with van der Waals surface area (Å²) in [6.07, 6.45) is 1.68. The maximum atomic E-state index is 12.6. The van der Waals surface area contributed by atoms with Gasteiger partial charge in [0.05, 0.1) is 4.90 Å². The zero-order chi connectivity index (χ0) is 20.1. The maximum absolute atomic E-state index is 12.6. The lowest BCUT2D eigenvalue weighted by molar-refractivity contribution is -0.122. The van der Waals surface area contributed by atoms with Crippen molar-refractivity contribution < 1.29 is 17.9 Å². The number of carbonyl (C=O) groups excluding carboxylic acids is 1. The number of nitrogens with one attached hydrogen (secondary N) is 1. The molecule has 0 bridgehead atoms. The van der Waals surface area contributed by atoms with Gasteiger partial charge in [0.25, 0.3) is 5.91 Å². The number of sulfonamides is 1. The Kier molecular flexibility index (Phi) is 6.36. The summed E-state index contributed by atoms with van der Waals surface area (Å²) in [5.74, 6) is 0.414. The minimum Gasteiger partial charge on any atom is -0.480 e. The summed E-state index contributed by atoms with van der Waals surface area (Å²) in [5.41, 5.74) is 1.50. The second-order valence-corrected chi connectivity index (χ2v) is 8.84. The van der Waals surface area contributed by atoms with Crippen molar-refractivity contribution in [2.45, 2.75) is 44.1 Å². The van der Waals surface area contributed by atoms with Crippen molar-refractivity contribution in [1.29, 1.82) is 0 Å². The van der Waals surface area contributed by atoms with Crippen molar-refractivity contribution >= 4 is 21.6 Å². The molecule has 7 heteroatoms. The first kappa shape index (κ1) is 20.4. The van der Waals surface area contributed by atoms with Gasteiger partial charge in [0.15, 0.2) is 6.10 Å². The third-order valence-corrected chi connectivity index (χ3v) is 6.76. The predicted octanol–water partition coefficient (Wildman–Crippen LogP) is 3.58. The number of hydrogen-bond acceptors (Lipinski definition) is 4. The molecular weight excluding hydrogens is 376 g/mol. The molecule has 3 rings (SSSR count). The first-order valence-corrected chi connectivity index (χ1v) is 11.0. The summed E-state index contributed by atoms with van der Waals surface area (Å²) in [5, 5.41) is 2.81. The molecule has 0 radical (unpaired) electrons. The Morgan fingerprint density at radius 2 is 1.75 bits per heavy atom. The zero-order valence-corrected chi connectivity index (χ0v) is 17.0. The lowest BCUT2D eigenvalue weighted by atomic mass is 10.2. The molecule has 1 aliphatic rings. The van der Waals surface area contributed by atoms with E-state index in [1.807, 2.05) is 38.1 Å². The number of para-hydroxylation sites is 1. The molecule has 2 aromatic rings. The topological polar surface area (TPSA) is 75.7 Å². The molecule has 0 saturated carbocycles. The van der Waals surface area contributed by atoms with Crippen LogP contribution in [0.5, 0.6) is 5.75 Å². The molecule has 28 heavy (non-hydrogen) atoms. The SMILES string of the molecule is CC[C@@H](Oc1ccccc1C)C(=O)Nc1ccc(S(=O)(=O)N2CCCC2)cc1. The van der Waals surface area contributed by atoms with E-state index in [0.29, 0.717) is 30.9 Å². The number of amides is 1. The molecule has 0 spiro atoms. The number of ether oxygens (including phenoxy) is 1. The number of benzene rings is 2. The van der Waals surface area contributed by atoms with E-state index in [1.165, 1.54) is 16.4 Å². The van der Waals surface area contributed by atoms with Crippen molar-refractivity contribution in [1.82, 2.24) is 4.31 Å². The van der Waals surface area contributed by atoms with Crippen molar-refractivity contribution in [2.75, 3.05) is 18.4 Å². The fourth-order valence-corrected chi connectivity index (χ4v) is 4.69. The molecule has 0 aromatic heterocycles. The van der Waals surface area contributed by atoms with Crippen LogP contribution in [0, 0.1) is 6.92 Å². The molecule has 1 fully saturated rings. The molecule has 1 heterocycles. The van der Waals surface area contributed by atoms with E-state index >= 15 is 0 Å². The summed E-state index contributed by atoms with van der Waals surface area (Å²) < 4.78 is 32.5. The van der Waals surface area contributed by atoms with E-state index in [-0.39, 0.29) is 10.8 Å². The molecule has 1 atom stereocenters. The van der Waals surface area contributed by atoms with Gasteiger partial charge in [-0.1, -0.05) is 25.1 Å². The Balaban J connectivity index is 1.67. The normalized spacial score (nSPS) is 15.9. The van der Waals surface area contributed by atoms with Crippen LogP contribution in [0.1, 0.15) is 31.7 Å². The molecule has 1 N–H and O–H groups in total. The Bertz CT molecular complexity index is 920. The quantitative estimate of drug-likeness (QED) is 0.768. The first-order valence-electron chi connectivity index (χ1n) is 9.55. The van der Waals surface area contributed by atoms with Gasteiger partial charge < -0.3 is 10.1 Å². The van der Waals surface area contributed by atoms with Crippen LogP contribution in [-0.2, 0) is 14.8 Å². The minimum atomic E-state index is -3.45. The maximum Gasteiger partial charge on any atom is 0.265 e. The molecule has 1 saturated heterocycles. The summed E-state index contributed by atoms with van der Waals surface area (Å²) >= 11 is 0. The molecule has 2 aromatic carbocycles. The summed E-state index contributed by atoms with van der Waals surface area (Å²) in [7, 11) is -3.45. The number of hydrogen-bond donors (Lipinski definition) is 1. The lowest BCUT2D eigenvalue weighted by Gasteiger charge is -2.19. The van der Waals surface area contributed by atoms with E-state index in [1.54, 1.807) is 12.1 Å². The Hall–Kier alpha value is -2.38. The Morgan fingerprint density at radius 3 is 2.36 bits per heavy atom. The number of aryl methyl sites for hydroxylation is 1. The zero-order valence-electron chi connectivity index (χ0n) is 16.2. The van der Waals surface area contributed by atoms with Gasteiger partial charge in [-0.15, -0.1) is 0 Å². The van der Waals surface area contributed by atoms with Crippen LogP contribution < -0.4 is 10.1 Å². The van der Waals surface area contributed by atoms with Crippen LogP contribution in [0.3, 0.4) is 0 Å². The highest BCUT2D eigenvalue weighted by Gasteiger charge is 2.27. The molecule has 150 valence electrons. The largest absolute Gasteiger partial charge is 0.480 e. The fourth-order valence-electron chi connectivity index (χ4n) is 3.17. The highest BCUT2D eigenvalue weighted by Crippen LogP contribution is 2.23. The summed E-state index contributed by atoms with van der Waals surface area (Å²) in [4.78, 5) is 12.8. The van der Waals surface area contributed by atoms with Gasteiger partial charge in [-0.3, -0.25) is 4.79 Å². The molecule has 0 unspecified atom stereocenters. The summed E-state index contributed by atoms with van der Waals surface area (Å²) in [6, 6.07) is 13.8. The van der Waals surface area contributed by atoms with E-state index in [4.69, 9.17) is 4.74 Å². The Labute approximate surface area is 166 Å². The fraction of sp³-hybridized carbons (Fsp3) is 0.381.